The van der Waals surface area contributed by atoms with Crippen molar-refractivity contribution in [2.75, 3.05) is 43.9 Å². The van der Waals surface area contributed by atoms with Crippen LogP contribution in [0.2, 0.25) is 13.3 Å². The van der Waals surface area contributed by atoms with Gasteiger partial charge in [0.2, 0.25) is 11.9 Å². The summed E-state index contributed by atoms with van der Waals surface area (Å²) in [6.07, 6.45) is 15.1. The fourth-order valence-electron chi connectivity index (χ4n) is 10.1. The van der Waals surface area contributed by atoms with Crippen molar-refractivity contribution >= 4 is 112 Å². The molecule has 85 heavy (non-hydrogen) atoms. The second-order valence-corrected chi connectivity index (χ2v) is 37.5. The van der Waals surface area contributed by atoms with Crippen molar-refractivity contribution in [2.24, 2.45) is 0 Å². The SMILES string of the molecule is C.C.C.CC(C)(C)OC(=O)N1CCC(Oc2cc3nc(Nc4cccc(F)c4)ncc3cc2Br)CC1.CCC[CH2][Sn]([CH2]CCC)([CH2]CCC)[c]1cscn1.CN1CCC(Oc2cc3nc(Nc4cccc(F)c4)ncc3cc2-c2cscn2)CC1. The molecule has 0 atom stereocenters. The summed E-state index contributed by atoms with van der Waals surface area (Å²) in [5.74, 6) is 1.58. The number of carbonyl (C=O) groups is 1. The van der Waals surface area contributed by atoms with Crippen molar-refractivity contribution in [2.45, 2.75) is 159 Å². The number of nitrogens with zero attached hydrogens (tertiary/aromatic N) is 8. The maximum Gasteiger partial charge on any atom is 0.227 e. The molecule has 0 spiro atoms. The molecule has 460 valence electrons. The number of amides is 1. The number of aromatic nitrogens is 6. The van der Waals surface area contributed by atoms with Gasteiger partial charge in [0.05, 0.1) is 26.7 Å². The summed E-state index contributed by atoms with van der Waals surface area (Å²) in [6, 6.07) is 20.1. The van der Waals surface area contributed by atoms with Crippen molar-refractivity contribution < 1.29 is 27.8 Å². The van der Waals surface area contributed by atoms with E-state index in [9.17, 15) is 13.6 Å². The molecule has 4 aromatic carbocycles. The number of unbranched alkanes of at least 4 members (excludes halogenated alkanes) is 3. The largest absolute Gasteiger partial charge is 0.490 e. The van der Waals surface area contributed by atoms with Gasteiger partial charge in [-0.1, -0.05) is 34.4 Å². The topological polar surface area (TPSA) is 153 Å². The molecule has 0 aliphatic carbocycles. The number of thiazole rings is 2. The number of halogens is 3. The Labute approximate surface area is 524 Å². The third-order valence-corrected chi connectivity index (χ3v) is 32.0. The third-order valence-electron chi connectivity index (χ3n) is 14.5. The van der Waals surface area contributed by atoms with Crippen molar-refractivity contribution in [1.29, 1.82) is 0 Å². The number of piperidine rings is 2. The van der Waals surface area contributed by atoms with Crippen molar-refractivity contribution in [1.82, 2.24) is 39.7 Å². The number of rotatable bonds is 19. The minimum absolute atomic E-state index is 0. The van der Waals surface area contributed by atoms with Gasteiger partial charge in [-0.15, -0.1) is 11.3 Å². The van der Waals surface area contributed by atoms with Crippen LogP contribution < -0.4 is 23.8 Å². The summed E-state index contributed by atoms with van der Waals surface area (Å²) in [4.78, 5) is 43.5. The summed E-state index contributed by atoms with van der Waals surface area (Å²) >= 11 is 4.80. The van der Waals surface area contributed by atoms with Crippen molar-refractivity contribution in [3.8, 4) is 22.8 Å². The molecule has 8 aromatic rings. The van der Waals surface area contributed by atoms with Gasteiger partial charge < -0.3 is 34.6 Å². The Balaban J connectivity index is 0.000000239. The molecular weight excluding hydrogens is 1290 g/mol. The molecule has 1 amide bonds. The van der Waals surface area contributed by atoms with Gasteiger partial charge in [-0.3, -0.25) is 0 Å². The Morgan fingerprint density at radius 1 is 0.671 bits per heavy atom. The molecule has 0 saturated carbocycles. The molecule has 14 nitrogen and oxygen atoms in total. The average Bonchev–Trinajstić information content (AvgIpc) is 4.38. The Morgan fingerprint density at radius 3 is 1.65 bits per heavy atom. The van der Waals surface area contributed by atoms with Crippen LogP contribution in [0, 0.1) is 11.6 Å². The molecule has 20 heteroatoms. The van der Waals surface area contributed by atoms with Gasteiger partial charge in [0.1, 0.15) is 40.9 Å². The molecule has 2 saturated heterocycles. The molecule has 10 rings (SSSR count). The Morgan fingerprint density at radius 2 is 1.16 bits per heavy atom. The van der Waals surface area contributed by atoms with Gasteiger partial charge >= 0.3 is 128 Å². The summed E-state index contributed by atoms with van der Waals surface area (Å²) < 4.78 is 52.1. The van der Waals surface area contributed by atoms with E-state index < -0.39 is 24.0 Å². The summed E-state index contributed by atoms with van der Waals surface area (Å²) in [5.41, 5.74) is 7.83. The number of anilines is 4. The van der Waals surface area contributed by atoms with Gasteiger partial charge in [-0.05, 0) is 105 Å². The van der Waals surface area contributed by atoms with Crippen LogP contribution in [-0.4, -0.2) is 115 Å². The standard InChI is InChI=1S/C24H26BrFN4O3.C23H22FN5OS.3C4H9.C3H2NS.3CH4.Sn/c1-24(2,3)33-23(31)30-9-7-18(8-10-30)32-21-13-20-15(11-19(21)25)14-27-22(29-20)28-17-6-4-5-16(26)12-17;1-29-7-5-18(6-8-29)30-22-11-20-15(9-19(22)21-13-31-14-26-21)12-25-23(28-20)27-17-4-2-3-16(24)10-17;3*1-3-4-2;1-2-5-3-4-1;;;;/h4-6,11-14,18H,7-10H2,1-3H3,(H,27,28,29);2-4,9-14,18H,5-8H2,1H3,(H,25,27,28);3*1,3-4H2,2H3;2-3H;3*1H4;. The van der Waals surface area contributed by atoms with Gasteiger partial charge in [-0.25, -0.2) is 38.5 Å². The second kappa shape index (κ2) is 34.1. The molecular formula is C65H89BrF2N10O4S2Sn. The van der Waals surface area contributed by atoms with Crippen molar-refractivity contribution in [3.63, 3.8) is 0 Å². The zero-order chi connectivity index (χ0) is 58.1. The molecule has 0 unspecified atom stereocenters. The predicted molar refractivity (Wildman–Crippen MR) is 357 cm³/mol. The van der Waals surface area contributed by atoms with Gasteiger partial charge in [0.15, 0.2) is 0 Å². The molecule has 2 aliphatic heterocycles. The van der Waals surface area contributed by atoms with Crippen LogP contribution in [-0.2, 0) is 4.74 Å². The van der Waals surface area contributed by atoms with E-state index in [1.165, 1.54) is 76.1 Å². The fourth-order valence-corrected chi connectivity index (χ4v) is 28.9. The molecule has 0 radical (unpaired) electrons. The van der Waals surface area contributed by atoms with Crippen LogP contribution in [0.15, 0.2) is 111 Å². The van der Waals surface area contributed by atoms with E-state index in [1.54, 1.807) is 56.6 Å². The number of hydrogen-bond acceptors (Lipinski definition) is 15. The quantitative estimate of drug-likeness (QED) is 0.0739. The first-order valence-corrected chi connectivity index (χ1v) is 38.8. The van der Waals surface area contributed by atoms with E-state index in [2.05, 4.69) is 95.1 Å². The average molecular weight is 1380 g/mol. The molecule has 2 fully saturated rings. The minimum Gasteiger partial charge on any atom is -0.490 e. The monoisotopic (exact) mass is 1370 g/mol. The number of hydrogen-bond donors (Lipinski definition) is 2. The van der Waals surface area contributed by atoms with Crippen LogP contribution in [0.1, 0.15) is 128 Å². The Bertz CT molecular complexity index is 3270. The number of fused-ring (bicyclic) bond motifs is 2. The van der Waals surface area contributed by atoms with E-state index in [0.717, 1.165) is 63.7 Å². The third kappa shape index (κ3) is 20.8. The van der Waals surface area contributed by atoms with E-state index in [0.29, 0.717) is 60.5 Å². The zero-order valence-corrected chi connectivity index (χ0v) is 54.3. The first-order valence-electron chi connectivity index (χ1n) is 28.7. The number of carbonyl (C=O) groups excluding carboxylic acids is 1. The normalized spacial score (nSPS) is 13.9. The molecule has 6 heterocycles. The zero-order valence-electron chi connectivity index (χ0n) is 48.2. The first-order chi connectivity index (χ1) is 39.6. The Hall–Kier alpha value is -5.61. The van der Waals surface area contributed by atoms with E-state index >= 15 is 0 Å². The van der Waals surface area contributed by atoms with E-state index in [4.69, 9.17) is 19.2 Å². The second-order valence-electron chi connectivity index (χ2n) is 22.1. The molecule has 4 aromatic heterocycles. The Kier molecular flexibility index (Phi) is 28.1. The van der Waals surface area contributed by atoms with Crippen LogP contribution in [0.3, 0.4) is 0 Å². The summed E-state index contributed by atoms with van der Waals surface area (Å²) in [7, 11) is 2.14. The maximum atomic E-state index is 13.5. The van der Waals surface area contributed by atoms with Gasteiger partial charge in [-0.2, -0.15) is 0 Å². The van der Waals surface area contributed by atoms with Crippen LogP contribution in [0.25, 0.3) is 33.1 Å². The first kappa shape index (κ1) is 70.2. The minimum atomic E-state index is -2.13. The summed E-state index contributed by atoms with van der Waals surface area (Å²) in [6.45, 7) is 15.8. The van der Waals surface area contributed by atoms with Gasteiger partial charge in [0, 0.05) is 96.6 Å². The number of likely N-dealkylation sites (tertiary alicyclic amines) is 2. The van der Waals surface area contributed by atoms with Crippen LogP contribution in [0.5, 0.6) is 11.5 Å². The number of nitrogens with one attached hydrogen (secondary N) is 2. The van der Waals surface area contributed by atoms with Crippen molar-refractivity contribution in [3.05, 3.63) is 123 Å². The van der Waals surface area contributed by atoms with E-state index in [1.807, 2.05) is 67.3 Å². The number of benzene rings is 4. The predicted octanol–water partition coefficient (Wildman–Crippen LogP) is 18.3. The summed E-state index contributed by atoms with van der Waals surface area (Å²) in [5, 5.41) is 12.2. The molecule has 0 bridgehead atoms. The van der Waals surface area contributed by atoms with Crippen LogP contribution >= 0.6 is 38.6 Å². The fraction of sp³-hybridized carbons (Fsp3) is 0.462. The number of ether oxygens (including phenoxy) is 3. The van der Waals surface area contributed by atoms with Gasteiger partial charge in [0.25, 0.3) is 0 Å². The maximum absolute atomic E-state index is 13.5. The molecule has 2 aliphatic rings. The molecule has 2 N–H and O–H groups in total. The van der Waals surface area contributed by atoms with E-state index in [-0.39, 0.29) is 52.2 Å². The van der Waals surface area contributed by atoms with Crippen LogP contribution in [0.4, 0.5) is 36.8 Å². The smallest absolute Gasteiger partial charge is 0.227 e.